The van der Waals surface area contributed by atoms with Gasteiger partial charge in [0.1, 0.15) is 5.82 Å². The Morgan fingerprint density at radius 3 is 2.83 bits per heavy atom. The summed E-state index contributed by atoms with van der Waals surface area (Å²) in [6, 6.07) is 10.2. The maximum Gasteiger partial charge on any atom is 0.253 e. The summed E-state index contributed by atoms with van der Waals surface area (Å²) in [6.45, 7) is 0.659. The number of carbonyl (C=O) groups is 1. The van der Waals surface area contributed by atoms with Crippen molar-refractivity contribution in [1.29, 1.82) is 0 Å². The number of rotatable bonds is 2. The van der Waals surface area contributed by atoms with Crippen LogP contribution in [0.1, 0.15) is 15.9 Å². The van der Waals surface area contributed by atoms with E-state index in [1.165, 1.54) is 6.07 Å². The van der Waals surface area contributed by atoms with Crippen molar-refractivity contribution in [2.24, 2.45) is 0 Å². The molecule has 0 saturated carbocycles. The van der Waals surface area contributed by atoms with Crippen molar-refractivity contribution >= 4 is 5.91 Å². The lowest BCUT2D eigenvalue weighted by Crippen LogP contribution is -2.30. The molecule has 0 aliphatic carbocycles. The number of aromatic nitrogens is 2. The zero-order valence-corrected chi connectivity index (χ0v) is 12.3. The van der Waals surface area contributed by atoms with Crippen molar-refractivity contribution in [3.8, 4) is 16.9 Å². The number of carbonyl (C=O) groups excluding carboxylic acids is 1. The Kier molecular flexibility index (Phi) is 3.19. The van der Waals surface area contributed by atoms with Crippen LogP contribution < -0.4 is 5.32 Å². The molecule has 1 aliphatic heterocycles. The Morgan fingerprint density at radius 1 is 1.13 bits per heavy atom. The van der Waals surface area contributed by atoms with E-state index in [-0.39, 0.29) is 11.7 Å². The lowest BCUT2D eigenvalue weighted by Gasteiger charge is -2.10. The molecule has 3 aromatic rings. The topological polar surface area (TPSA) is 46.9 Å². The summed E-state index contributed by atoms with van der Waals surface area (Å²) in [4.78, 5) is 16.1. The second-order valence-electron chi connectivity index (χ2n) is 5.49. The first kappa shape index (κ1) is 13.7. The lowest BCUT2D eigenvalue weighted by molar-refractivity contribution is 0.0946. The molecule has 0 spiro atoms. The molecule has 0 radical (unpaired) electrons. The molecule has 23 heavy (non-hydrogen) atoms. The van der Waals surface area contributed by atoms with Gasteiger partial charge < -0.3 is 9.88 Å². The molecule has 4 rings (SSSR count). The van der Waals surface area contributed by atoms with E-state index >= 15 is 0 Å². The van der Waals surface area contributed by atoms with Crippen LogP contribution in [0.2, 0.25) is 0 Å². The largest absolute Gasteiger partial charge is 0.352 e. The van der Waals surface area contributed by atoms with Gasteiger partial charge in [-0.25, -0.2) is 4.39 Å². The molecule has 1 aromatic carbocycles. The molecule has 2 aromatic heterocycles. The fourth-order valence-corrected chi connectivity index (χ4v) is 2.85. The van der Waals surface area contributed by atoms with E-state index in [2.05, 4.69) is 10.3 Å². The number of halogens is 1. The Labute approximate surface area is 132 Å². The van der Waals surface area contributed by atoms with Gasteiger partial charge in [0.2, 0.25) is 0 Å². The van der Waals surface area contributed by atoms with Crippen LogP contribution in [-0.4, -0.2) is 22.0 Å². The SMILES string of the molecule is O=C1NCCc2cn(-c3ccnc(-c4ccccc4F)c3)cc21. The number of pyridine rings is 1. The number of nitrogens with one attached hydrogen (secondary N) is 1. The summed E-state index contributed by atoms with van der Waals surface area (Å²) in [7, 11) is 0. The monoisotopic (exact) mass is 307 g/mol. The fraction of sp³-hybridized carbons (Fsp3) is 0.111. The first-order chi connectivity index (χ1) is 11.2. The zero-order valence-electron chi connectivity index (χ0n) is 12.3. The van der Waals surface area contributed by atoms with Gasteiger partial charge in [-0.05, 0) is 36.2 Å². The van der Waals surface area contributed by atoms with E-state index < -0.39 is 0 Å². The van der Waals surface area contributed by atoms with Crippen LogP contribution in [-0.2, 0) is 6.42 Å². The molecule has 3 heterocycles. The fourth-order valence-electron chi connectivity index (χ4n) is 2.85. The highest BCUT2D eigenvalue weighted by Crippen LogP contribution is 2.24. The van der Waals surface area contributed by atoms with Crippen LogP contribution in [0.4, 0.5) is 4.39 Å². The normalized spacial score (nSPS) is 13.5. The first-order valence-corrected chi connectivity index (χ1v) is 7.43. The minimum absolute atomic E-state index is 0.0478. The summed E-state index contributed by atoms with van der Waals surface area (Å²) in [5, 5.41) is 2.83. The lowest BCUT2D eigenvalue weighted by atomic mass is 10.1. The average Bonchev–Trinajstić information content (AvgIpc) is 3.01. The third-order valence-electron chi connectivity index (χ3n) is 4.03. The molecular weight excluding hydrogens is 293 g/mol. The van der Waals surface area contributed by atoms with Crippen LogP contribution in [0.3, 0.4) is 0 Å². The number of amides is 1. The summed E-state index contributed by atoms with van der Waals surface area (Å²) in [5.74, 6) is -0.350. The molecule has 4 nitrogen and oxygen atoms in total. The number of hydrogen-bond donors (Lipinski definition) is 1. The molecule has 0 atom stereocenters. The van der Waals surface area contributed by atoms with Crippen molar-refractivity contribution in [2.45, 2.75) is 6.42 Å². The second-order valence-corrected chi connectivity index (χ2v) is 5.49. The smallest absolute Gasteiger partial charge is 0.253 e. The van der Waals surface area contributed by atoms with Gasteiger partial charge in [0, 0.05) is 36.4 Å². The highest BCUT2D eigenvalue weighted by atomic mass is 19.1. The standard InChI is InChI=1S/C18H14FN3O/c19-16-4-2-1-3-14(16)17-9-13(6-8-20-17)22-10-12-5-7-21-18(23)15(12)11-22/h1-4,6,8-11H,5,7H2,(H,21,23). The highest BCUT2D eigenvalue weighted by molar-refractivity contribution is 5.96. The van der Waals surface area contributed by atoms with Gasteiger partial charge in [-0.2, -0.15) is 0 Å². The number of nitrogens with zero attached hydrogens (tertiary/aromatic N) is 2. The van der Waals surface area contributed by atoms with E-state index in [0.717, 1.165) is 17.7 Å². The van der Waals surface area contributed by atoms with E-state index in [1.807, 2.05) is 29.1 Å². The van der Waals surface area contributed by atoms with Crippen LogP contribution >= 0.6 is 0 Å². The molecule has 1 aliphatic rings. The Balaban J connectivity index is 1.78. The maximum absolute atomic E-state index is 13.9. The number of fused-ring (bicyclic) bond motifs is 1. The van der Waals surface area contributed by atoms with Crippen molar-refractivity contribution in [3.05, 3.63) is 71.9 Å². The van der Waals surface area contributed by atoms with E-state index in [4.69, 9.17) is 0 Å². The van der Waals surface area contributed by atoms with Crippen LogP contribution in [0.15, 0.2) is 55.0 Å². The van der Waals surface area contributed by atoms with Gasteiger partial charge in [-0.3, -0.25) is 9.78 Å². The number of benzene rings is 1. The Bertz CT molecular complexity index is 901. The van der Waals surface area contributed by atoms with Gasteiger partial charge in [-0.15, -0.1) is 0 Å². The summed E-state index contributed by atoms with van der Waals surface area (Å²) >= 11 is 0. The summed E-state index contributed by atoms with van der Waals surface area (Å²) in [6.07, 6.45) is 6.23. The molecule has 0 saturated heterocycles. The Morgan fingerprint density at radius 2 is 2.00 bits per heavy atom. The van der Waals surface area contributed by atoms with Gasteiger partial charge in [-0.1, -0.05) is 12.1 Å². The average molecular weight is 307 g/mol. The molecular formula is C18H14FN3O. The van der Waals surface area contributed by atoms with Crippen LogP contribution in [0.25, 0.3) is 16.9 Å². The van der Waals surface area contributed by atoms with Crippen LogP contribution in [0, 0.1) is 5.82 Å². The molecule has 0 unspecified atom stereocenters. The maximum atomic E-state index is 13.9. The van der Waals surface area contributed by atoms with E-state index in [0.29, 0.717) is 23.4 Å². The number of hydrogen-bond acceptors (Lipinski definition) is 2. The van der Waals surface area contributed by atoms with E-state index in [9.17, 15) is 9.18 Å². The predicted molar refractivity (Wildman–Crippen MR) is 85.0 cm³/mol. The predicted octanol–water partition coefficient (Wildman–Crippen LogP) is 2.96. The van der Waals surface area contributed by atoms with Gasteiger partial charge in [0.05, 0.1) is 11.3 Å². The van der Waals surface area contributed by atoms with Gasteiger partial charge in [0.25, 0.3) is 5.91 Å². The van der Waals surface area contributed by atoms with Crippen LogP contribution in [0.5, 0.6) is 0 Å². The molecule has 0 fully saturated rings. The minimum Gasteiger partial charge on any atom is -0.352 e. The summed E-state index contributed by atoms with van der Waals surface area (Å²) < 4.78 is 15.8. The Hall–Kier alpha value is -2.95. The third kappa shape index (κ3) is 2.40. The second kappa shape index (κ2) is 5.35. The highest BCUT2D eigenvalue weighted by Gasteiger charge is 2.19. The molecule has 0 bridgehead atoms. The van der Waals surface area contributed by atoms with Crippen molar-refractivity contribution in [2.75, 3.05) is 6.54 Å². The third-order valence-corrected chi connectivity index (χ3v) is 4.03. The van der Waals surface area contributed by atoms with Crippen molar-refractivity contribution in [3.63, 3.8) is 0 Å². The molecule has 1 N–H and O–H groups in total. The van der Waals surface area contributed by atoms with E-state index in [1.54, 1.807) is 24.4 Å². The molecule has 114 valence electrons. The van der Waals surface area contributed by atoms with Gasteiger partial charge in [0.15, 0.2) is 0 Å². The quantitative estimate of drug-likeness (QED) is 0.791. The first-order valence-electron chi connectivity index (χ1n) is 7.43. The van der Waals surface area contributed by atoms with Crippen molar-refractivity contribution < 1.29 is 9.18 Å². The van der Waals surface area contributed by atoms with Crippen molar-refractivity contribution in [1.82, 2.24) is 14.9 Å². The molecule has 1 amide bonds. The molecule has 5 heteroatoms. The minimum atomic E-state index is -0.302. The zero-order chi connectivity index (χ0) is 15.8. The summed E-state index contributed by atoms with van der Waals surface area (Å²) in [5.41, 5.74) is 3.60. The van der Waals surface area contributed by atoms with Gasteiger partial charge >= 0.3 is 0 Å².